The van der Waals surface area contributed by atoms with Gasteiger partial charge in [-0.3, -0.25) is 0 Å². The Kier molecular flexibility index (Phi) is 3.76. The molecule has 0 heterocycles. The van der Waals surface area contributed by atoms with Crippen LogP contribution >= 0.6 is 0 Å². The van der Waals surface area contributed by atoms with E-state index in [0.29, 0.717) is 0 Å². The van der Waals surface area contributed by atoms with E-state index in [0.717, 1.165) is 28.1 Å². The van der Waals surface area contributed by atoms with Crippen LogP contribution in [-0.4, -0.2) is 7.11 Å². The zero-order chi connectivity index (χ0) is 14.0. The van der Waals surface area contributed by atoms with Gasteiger partial charge in [-0.15, -0.1) is 0 Å². The molecule has 0 saturated carbocycles. The van der Waals surface area contributed by atoms with Gasteiger partial charge >= 0.3 is 0 Å². The van der Waals surface area contributed by atoms with Crippen molar-refractivity contribution in [2.24, 2.45) is 5.73 Å². The van der Waals surface area contributed by atoms with E-state index < -0.39 is 0 Å². The van der Waals surface area contributed by atoms with E-state index >= 15 is 0 Å². The largest absolute Gasteiger partial charge is 0.496 e. The highest BCUT2D eigenvalue weighted by Gasteiger charge is 2.14. The van der Waals surface area contributed by atoms with Gasteiger partial charge in [0.05, 0.1) is 13.2 Å². The van der Waals surface area contributed by atoms with Crippen molar-refractivity contribution in [2.75, 3.05) is 12.8 Å². The molecule has 2 rings (SSSR count). The minimum Gasteiger partial charge on any atom is -0.496 e. The van der Waals surface area contributed by atoms with Crippen molar-refractivity contribution in [3.05, 3.63) is 58.7 Å². The highest BCUT2D eigenvalue weighted by Crippen LogP contribution is 2.29. The van der Waals surface area contributed by atoms with E-state index in [4.69, 9.17) is 16.2 Å². The van der Waals surface area contributed by atoms with E-state index in [1.165, 1.54) is 5.56 Å². The molecule has 3 heteroatoms. The fourth-order valence-corrected chi connectivity index (χ4v) is 2.26. The number of hydrogen-bond donors (Lipinski definition) is 2. The van der Waals surface area contributed by atoms with Crippen LogP contribution in [0.4, 0.5) is 5.69 Å². The van der Waals surface area contributed by atoms with Gasteiger partial charge in [0.1, 0.15) is 5.75 Å². The summed E-state index contributed by atoms with van der Waals surface area (Å²) in [6.45, 7) is 4.12. The SMILES string of the molecule is COc1ccc(C(N)c2ccc(N)cc2)c(C)c1C. The molecule has 2 aromatic rings. The Hall–Kier alpha value is -2.00. The first-order valence-electron chi connectivity index (χ1n) is 6.29. The molecule has 0 aliphatic carbocycles. The smallest absolute Gasteiger partial charge is 0.122 e. The second-order valence-electron chi connectivity index (χ2n) is 4.75. The van der Waals surface area contributed by atoms with Crippen molar-refractivity contribution < 1.29 is 4.74 Å². The summed E-state index contributed by atoms with van der Waals surface area (Å²) in [5.74, 6) is 0.894. The van der Waals surface area contributed by atoms with Gasteiger partial charge in [-0.25, -0.2) is 0 Å². The van der Waals surface area contributed by atoms with E-state index in [9.17, 15) is 0 Å². The Labute approximate surface area is 114 Å². The first kappa shape index (κ1) is 13.4. The Balaban J connectivity index is 2.41. The van der Waals surface area contributed by atoms with Gasteiger partial charge in [-0.2, -0.15) is 0 Å². The molecule has 0 bridgehead atoms. The third-order valence-electron chi connectivity index (χ3n) is 3.63. The van der Waals surface area contributed by atoms with Gasteiger partial charge in [0.2, 0.25) is 0 Å². The van der Waals surface area contributed by atoms with Crippen LogP contribution in [0.3, 0.4) is 0 Å². The van der Waals surface area contributed by atoms with Crippen LogP contribution in [0.25, 0.3) is 0 Å². The first-order chi connectivity index (χ1) is 9.04. The van der Waals surface area contributed by atoms with Crippen molar-refractivity contribution in [1.29, 1.82) is 0 Å². The molecule has 0 radical (unpaired) electrons. The minimum absolute atomic E-state index is 0.148. The lowest BCUT2D eigenvalue weighted by Crippen LogP contribution is -2.14. The van der Waals surface area contributed by atoms with Crippen molar-refractivity contribution >= 4 is 5.69 Å². The van der Waals surface area contributed by atoms with Crippen LogP contribution in [0.1, 0.15) is 28.3 Å². The number of benzene rings is 2. The van der Waals surface area contributed by atoms with Crippen LogP contribution < -0.4 is 16.2 Å². The van der Waals surface area contributed by atoms with Crippen LogP contribution in [-0.2, 0) is 0 Å². The number of methoxy groups -OCH3 is 1. The highest BCUT2D eigenvalue weighted by molar-refractivity contribution is 5.48. The zero-order valence-electron chi connectivity index (χ0n) is 11.6. The highest BCUT2D eigenvalue weighted by atomic mass is 16.5. The summed E-state index contributed by atoms with van der Waals surface area (Å²) >= 11 is 0. The summed E-state index contributed by atoms with van der Waals surface area (Å²) in [5.41, 5.74) is 17.3. The Bertz CT molecular complexity index is 576. The molecule has 2 aromatic carbocycles. The topological polar surface area (TPSA) is 61.3 Å². The van der Waals surface area contributed by atoms with Gasteiger partial charge in [0.25, 0.3) is 0 Å². The molecule has 0 aliphatic rings. The first-order valence-corrected chi connectivity index (χ1v) is 6.29. The second-order valence-corrected chi connectivity index (χ2v) is 4.75. The molecule has 0 aromatic heterocycles. The maximum Gasteiger partial charge on any atom is 0.122 e. The molecule has 0 amide bonds. The van der Waals surface area contributed by atoms with Crippen LogP contribution in [0.2, 0.25) is 0 Å². The second kappa shape index (κ2) is 5.33. The summed E-state index contributed by atoms with van der Waals surface area (Å²) in [6.07, 6.45) is 0. The Morgan fingerprint density at radius 3 is 2.16 bits per heavy atom. The van der Waals surface area contributed by atoms with Crippen molar-refractivity contribution in [2.45, 2.75) is 19.9 Å². The number of rotatable bonds is 3. The van der Waals surface area contributed by atoms with Crippen LogP contribution in [0, 0.1) is 13.8 Å². The molecule has 1 atom stereocenters. The fraction of sp³-hybridized carbons (Fsp3) is 0.250. The number of hydrogen-bond acceptors (Lipinski definition) is 3. The van der Waals surface area contributed by atoms with Gasteiger partial charge in [0, 0.05) is 5.69 Å². The monoisotopic (exact) mass is 256 g/mol. The molecule has 19 heavy (non-hydrogen) atoms. The van der Waals surface area contributed by atoms with E-state index in [-0.39, 0.29) is 6.04 Å². The quantitative estimate of drug-likeness (QED) is 0.830. The molecule has 3 nitrogen and oxygen atoms in total. The van der Waals surface area contributed by atoms with Crippen molar-refractivity contribution in [3.8, 4) is 5.75 Å². The van der Waals surface area contributed by atoms with Gasteiger partial charge in [0.15, 0.2) is 0 Å². The van der Waals surface area contributed by atoms with E-state index in [1.54, 1.807) is 7.11 Å². The summed E-state index contributed by atoms with van der Waals surface area (Å²) in [6, 6.07) is 11.5. The summed E-state index contributed by atoms with van der Waals surface area (Å²) in [5, 5.41) is 0. The van der Waals surface area contributed by atoms with Gasteiger partial charge in [-0.05, 0) is 54.3 Å². The van der Waals surface area contributed by atoms with Gasteiger partial charge < -0.3 is 16.2 Å². The number of nitrogens with two attached hydrogens (primary N) is 2. The Morgan fingerprint density at radius 2 is 1.58 bits per heavy atom. The molecule has 1 unspecified atom stereocenters. The molecular weight excluding hydrogens is 236 g/mol. The molecular formula is C16H20N2O. The standard InChI is InChI=1S/C16H20N2O/c1-10-11(2)15(19-3)9-8-14(10)16(18)12-4-6-13(17)7-5-12/h4-9,16H,17-18H2,1-3H3. The molecule has 0 aliphatic heterocycles. The normalized spacial score (nSPS) is 12.2. The summed E-state index contributed by atoms with van der Waals surface area (Å²) in [7, 11) is 1.68. The predicted octanol–water partition coefficient (Wildman–Crippen LogP) is 2.94. The molecule has 4 N–H and O–H groups in total. The average Bonchev–Trinajstić information content (AvgIpc) is 2.42. The maximum absolute atomic E-state index is 6.35. The molecule has 0 saturated heterocycles. The lowest BCUT2D eigenvalue weighted by atomic mass is 9.93. The molecule has 100 valence electrons. The van der Waals surface area contributed by atoms with E-state index in [2.05, 4.69) is 6.92 Å². The van der Waals surface area contributed by atoms with Crippen LogP contribution in [0.15, 0.2) is 36.4 Å². The lowest BCUT2D eigenvalue weighted by Gasteiger charge is -2.18. The van der Waals surface area contributed by atoms with Crippen LogP contribution in [0.5, 0.6) is 5.75 Å². The predicted molar refractivity (Wildman–Crippen MR) is 79.4 cm³/mol. The lowest BCUT2D eigenvalue weighted by molar-refractivity contribution is 0.411. The van der Waals surface area contributed by atoms with Crippen molar-refractivity contribution in [3.63, 3.8) is 0 Å². The molecule has 0 spiro atoms. The third-order valence-corrected chi connectivity index (χ3v) is 3.63. The maximum atomic E-state index is 6.35. The minimum atomic E-state index is -0.148. The summed E-state index contributed by atoms with van der Waals surface area (Å²) < 4.78 is 5.32. The average molecular weight is 256 g/mol. The third kappa shape index (κ3) is 2.56. The number of nitrogen functional groups attached to an aromatic ring is 1. The summed E-state index contributed by atoms with van der Waals surface area (Å²) in [4.78, 5) is 0. The van der Waals surface area contributed by atoms with Gasteiger partial charge in [-0.1, -0.05) is 18.2 Å². The fourth-order valence-electron chi connectivity index (χ4n) is 2.26. The number of anilines is 1. The zero-order valence-corrected chi connectivity index (χ0v) is 11.6. The molecule has 0 fully saturated rings. The Morgan fingerprint density at radius 1 is 0.947 bits per heavy atom. The van der Waals surface area contributed by atoms with E-state index in [1.807, 2.05) is 43.3 Å². The van der Waals surface area contributed by atoms with Crippen molar-refractivity contribution in [1.82, 2.24) is 0 Å². The number of ether oxygens (including phenoxy) is 1.